The fraction of sp³-hybridized carbons (Fsp3) is 0.308. The highest BCUT2D eigenvalue weighted by Gasteiger charge is 2.13. The van der Waals surface area contributed by atoms with E-state index >= 15 is 0 Å². The molecule has 0 saturated carbocycles. The Morgan fingerprint density at radius 3 is 2.83 bits per heavy atom. The molecule has 2 heterocycles. The molecule has 2 aromatic rings. The molecule has 0 aliphatic carbocycles. The van der Waals surface area contributed by atoms with Gasteiger partial charge in [-0.25, -0.2) is 0 Å². The molecule has 0 aromatic carbocycles. The van der Waals surface area contributed by atoms with Gasteiger partial charge in [0.1, 0.15) is 5.56 Å². The number of aryl methyl sites for hydroxylation is 1. The van der Waals surface area contributed by atoms with E-state index in [1.54, 1.807) is 18.3 Å². The first-order valence-corrected chi connectivity index (χ1v) is 5.78. The number of H-pyrrole nitrogens is 1. The molecule has 0 fully saturated rings. The molecular formula is C13H15N3O2. The molecule has 2 aromatic heterocycles. The average Bonchev–Trinajstić information content (AvgIpc) is 2.27. The normalized spacial score (nSPS) is 10.9. The maximum absolute atomic E-state index is 11.9. The molecule has 94 valence electrons. The second-order valence-electron chi connectivity index (χ2n) is 4.50. The van der Waals surface area contributed by atoms with Crippen molar-refractivity contribution in [3.05, 3.63) is 39.9 Å². The molecule has 5 nitrogen and oxygen atoms in total. The van der Waals surface area contributed by atoms with Crippen LogP contribution in [0.25, 0.3) is 10.9 Å². The zero-order valence-corrected chi connectivity index (χ0v) is 10.6. The van der Waals surface area contributed by atoms with Gasteiger partial charge in [-0.3, -0.25) is 14.6 Å². The van der Waals surface area contributed by atoms with E-state index in [1.807, 2.05) is 20.8 Å². The van der Waals surface area contributed by atoms with Gasteiger partial charge < -0.3 is 10.3 Å². The van der Waals surface area contributed by atoms with Crippen LogP contribution >= 0.6 is 0 Å². The monoisotopic (exact) mass is 245 g/mol. The number of nitrogens with one attached hydrogen (secondary N) is 2. The molecule has 0 radical (unpaired) electrons. The Balaban J connectivity index is 2.59. The number of aromatic nitrogens is 2. The minimum atomic E-state index is -0.383. The summed E-state index contributed by atoms with van der Waals surface area (Å²) >= 11 is 0. The lowest BCUT2D eigenvalue weighted by atomic mass is 10.1. The largest absolute Gasteiger partial charge is 0.350 e. The van der Waals surface area contributed by atoms with Crippen molar-refractivity contribution in [2.45, 2.75) is 26.8 Å². The van der Waals surface area contributed by atoms with E-state index in [1.165, 1.54) is 0 Å². The van der Waals surface area contributed by atoms with Crippen molar-refractivity contribution in [3.8, 4) is 0 Å². The van der Waals surface area contributed by atoms with Gasteiger partial charge in [-0.1, -0.05) is 0 Å². The maximum Gasteiger partial charge on any atom is 0.261 e. The summed E-state index contributed by atoms with van der Waals surface area (Å²) in [7, 11) is 0. The average molecular weight is 245 g/mol. The third kappa shape index (κ3) is 2.25. The fourth-order valence-corrected chi connectivity index (χ4v) is 1.78. The molecule has 1 amide bonds. The van der Waals surface area contributed by atoms with Gasteiger partial charge in [-0.2, -0.15) is 0 Å². The van der Waals surface area contributed by atoms with E-state index in [0.29, 0.717) is 5.52 Å². The molecule has 0 spiro atoms. The van der Waals surface area contributed by atoms with E-state index in [-0.39, 0.29) is 23.1 Å². The Morgan fingerprint density at radius 2 is 2.17 bits per heavy atom. The number of rotatable bonds is 2. The van der Waals surface area contributed by atoms with Gasteiger partial charge in [0, 0.05) is 23.3 Å². The van der Waals surface area contributed by atoms with Gasteiger partial charge in [0.15, 0.2) is 0 Å². The maximum atomic E-state index is 11.9. The second kappa shape index (κ2) is 4.60. The number of hydrogen-bond donors (Lipinski definition) is 2. The SMILES string of the molecule is Cc1nccc2[nH]c(=O)c(C(=O)NC(C)C)cc12. The summed E-state index contributed by atoms with van der Waals surface area (Å²) in [6, 6.07) is 3.30. The molecular weight excluding hydrogens is 230 g/mol. The number of hydrogen-bond acceptors (Lipinski definition) is 3. The Morgan fingerprint density at radius 1 is 1.44 bits per heavy atom. The lowest BCUT2D eigenvalue weighted by Crippen LogP contribution is -2.34. The van der Waals surface area contributed by atoms with Crippen molar-refractivity contribution in [3.63, 3.8) is 0 Å². The minimum Gasteiger partial charge on any atom is -0.350 e. The van der Waals surface area contributed by atoms with Crippen LogP contribution in [-0.4, -0.2) is 21.9 Å². The van der Waals surface area contributed by atoms with Crippen LogP contribution in [0.15, 0.2) is 23.1 Å². The van der Waals surface area contributed by atoms with Gasteiger partial charge in [-0.05, 0) is 32.9 Å². The number of aromatic amines is 1. The first-order valence-electron chi connectivity index (χ1n) is 5.78. The van der Waals surface area contributed by atoms with Crippen LogP contribution < -0.4 is 10.9 Å². The number of amides is 1. The second-order valence-corrected chi connectivity index (χ2v) is 4.50. The van der Waals surface area contributed by atoms with Gasteiger partial charge in [0.2, 0.25) is 0 Å². The number of carbonyl (C=O) groups is 1. The Kier molecular flexibility index (Phi) is 3.14. The van der Waals surface area contributed by atoms with Crippen molar-refractivity contribution >= 4 is 16.8 Å². The molecule has 18 heavy (non-hydrogen) atoms. The minimum absolute atomic E-state index is 0.0115. The predicted octanol–water partition coefficient (Wildman–Crippen LogP) is 1.37. The molecule has 0 saturated heterocycles. The molecule has 5 heteroatoms. The number of nitrogens with zero attached hydrogens (tertiary/aromatic N) is 1. The summed E-state index contributed by atoms with van der Waals surface area (Å²) in [5.41, 5.74) is 1.20. The zero-order chi connectivity index (χ0) is 13.3. The van der Waals surface area contributed by atoms with E-state index in [9.17, 15) is 9.59 Å². The summed E-state index contributed by atoms with van der Waals surface area (Å²) in [4.78, 5) is 30.6. The molecule has 2 rings (SSSR count). The van der Waals surface area contributed by atoms with Gasteiger partial charge in [0.25, 0.3) is 11.5 Å². The van der Waals surface area contributed by atoms with Gasteiger partial charge in [-0.15, -0.1) is 0 Å². The number of fused-ring (bicyclic) bond motifs is 1. The van der Waals surface area contributed by atoms with Crippen molar-refractivity contribution in [2.75, 3.05) is 0 Å². The molecule has 0 atom stereocenters. The molecule has 0 bridgehead atoms. The van der Waals surface area contributed by atoms with E-state index in [0.717, 1.165) is 11.1 Å². The third-order valence-electron chi connectivity index (χ3n) is 2.64. The Labute approximate surface area is 104 Å². The van der Waals surface area contributed by atoms with Gasteiger partial charge >= 0.3 is 0 Å². The number of pyridine rings is 2. The smallest absolute Gasteiger partial charge is 0.261 e. The molecule has 0 aliphatic heterocycles. The first kappa shape index (κ1) is 12.3. The van der Waals surface area contributed by atoms with Crippen LogP contribution in [0, 0.1) is 6.92 Å². The summed E-state index contributed by atoms with van der Waals surface area (Å²) in [6.45, 7) is 5.53. The first-order chi connectivity index (χ1) is 8.49. The lowest BCUT2D eigenvalue weighted by Gasteiger charge is -2.08. The van der Waals surface area contributed by atoms with E-state index in [4.69, 9.17) is 0 Å². The lowest BCUT2D eigenvalue weighted by molar-refractivity contribution is 0.0942. The Hall–Kier alpha value is -2.17. The fourth-order valence-electron chi connectivity index (χ4n) is 1.78. The highest BCUT2D eigenvalue weighted by atomic mass is 16.2. The standard InChI is InChI=1S/C13H15N3O2/c1-7(2)15-12(17)10-6-9-8(3)14-5-4-11(9)16-13(10)18/h4-7H,1-3H3,(H,15,17)(H,16,18). The topological polar surface area (TPSA) is 74.8 Å². The summed E-state index contributed by atoms with van der Waals surface area (Å²) in [5, 5.41) is 3.49. The Bertz CT molecular complexity index is 659. The van der Waals surface area contributed by atoms with Crippen molar-refractivity contribution < 1.29 is 4.79 Å². The summed E-state index contributed by atoms with van der Waals surface area (Å²) in [5.74, 6) is -0.364. The van der Waals surface area contributed by atoms with Crippen LogP contribution in [0.4, 0.5) is 0 Å². The highest BCUT2D eigenvalue weighted by Crippen LogP contribution is 2.13. The molecule has 0 aliphatic rings. The van der Waals surface area contributed by atoms with Crippen LogP contribution in [-0.2, 0) is 0 Å². The summed E-state index contributed by atoms with van der Waals surface area (Å²) < 4.78 is 0. The van der Waals surface area contributed by atoms with Crippen molar-refractivity contribution in [2.24, 2.45) is 0 Å². The quantitative estimate of drug-likeness (QED) is 0.839. The van der Waals surface area contributed by atoms with Crippen molar-refractivity contribution in [1.29, 1.82) is 0 Å². The highest BCUT2D eigenvalue weighted by molar-refractivity contribution is 5.97. The van der Waals surface area contributed by atoms with Crippen LogP contribution in [0.5, 0.6) is 0 Å². The number of carbonyl (C=O) groups excluding carboxylic acids is 1. The van der Waals surface area contributed by atoms with Crippen LogP contribution in [0.2, 0.25) is 0 Å². The zero-order valence-electron chi connectivity index (χ0n) is 10.6. The third-order valence-corrected chi connectivity index (χ3v) is 2.64. The van der Waals surface area contributed by atoms with Crippen molar-refractivity contribution in [1.82, 2.24) is 15.3 Å². The van der Waals surface area contributed by atoms with Gasteiger partial charge in [0.05, 0.1) is 5.52 Å². The van der Waals surface area contributed by atoms with E-state index in [2.05, 4.69) is 15.3 Å². The van der Waals surface area contributed by atoms with Crippen LogP contribution in [0.1, 0.15) is 29.9 Å². The molecule has 2 N–H and O–H groups in total. The summed E-state index contributed by atoms with van der Waals surface area (Å²) in [6.07, 6.45) is 1.63. The predicted molar refractivity (Wildman–Crippen MR) is 69.7 cm³/mol. The van der Waals surface area contributed by atoms with Crippen LogP contribution in [0.3, 0.4) is 0 Å². The van der Waals surface area contributed by atoms with E-state index < -0.39 is 0 Å². The molecule has 0 unspecified atom stereocenters.